The number of benzene rings is 1. The second kappa shape index (κ2) is 13.2. The molecule has 1 saturated heterocycles. The van der Waals surface area contributed by atoms with Crippen LogP contribution in [-0.2, 0) is 21.8 Å². The monoisotopic (exact) mass is 665 g/mol. The largest absolute Gasteiger partial charge is 0.444 e. The van der Waals surface area contributed by atoms with Crippen LogP contribution >= 0.6 is 11.6 Å². The Kier molecular flexibility index (Phi) is 9.87. The highest BCUT2D eigenvalue weighted by Crippen LogP contribution is 2.46. The molecule has 1 aliphatic heterocycles. The summed E-state index contributed by atoms with van der Waals surface area (Å²) in [6, 6.07) is 10.7. The fourth-order valence-corrected chi connectivity index (χ4v) is 7.07. The van der Waals surface area contributed by atoms with Crippen molar-refractivity contribution in [2.45, 2.75) is 84.3 Å². The molecule has 11 heteroatoms. The second-order valence-corrected chi connectivity index (χ2v) is 20.8. The minimum Gasteiger partial charge on any atom is -0.444 e. The van der Waals surface area contributed by atoms with E-state index in [-0.39, 0.29) is 12.1 Å². The maximum atomic E-state index is 12.8. The Morgan fingerprint density at radius 3 is 2.48 bits per heavy atom. The van der Waals surface area contributed by atoms with E-state index in [1.165, 1.54) is 0 Å². The van der Waals surface area contributed by atoms with Gasteiger partial charge < -0.3 is 24.0 Å². The lowest BCUT2D eigenvalue weighted by Crippen LogP contribution is -2.51. The summed E-state index contributed by atoms with van der Waals surface area (Å²) in [5.74, 6) is 0. The molecule has 0 radical (unpaired) electrons. The molecule has 2 aromatic heterocycles. The van der Waals surface area contributed by atoms with Gasteiger partial charge in [0, 0.05) is 57.8 Å². The predicted octanol–water partition coefficient (Wildman–Crippen LogP) is 6.96. The summed E-state index contributed by atoms with van der Waals surface area (Å²) < 4.78 is 13.6. The van der Waals surface area contributed by atoms with E-state index in [4.69, 9.17) is 31.0 Å². The average Bonchev–Trinajstić information content (AvgIpc) is 3.27. The third-order valence-electron chi connectivity index (χ3n) is 8.67. The molecule has 0 bridgehead atoms. The van der Waals surface area contributed by atoms with E-state index in [2.05, 4.69) is 24.5 Å². The van der Waals surface area contributed by atoms with Crippen molar-refractivity contribution in [3.63, 3.8) is 0 Å². The first-order valence-corrected chi connectivity index (χ1v) is 20.1. The number of carbonyl (C=O) groups is 1. The van der Waals surface area contributed by atoms with E-state index < -0.39 is 19.3 Å². The lowest BCUT2D eigenvalue weighted by atomic mass is 9.83. The third kappa shape index (κ3) is 7.58. The van der Waals surface area contributed by atoms with Crippen molar-refractivity contribution < 1.29 is 19.4 Å². The number of fused-ring (bicyclic) bond motifs is 2. The minimum absolute atomic E-state index is 0.216. The smallest absolute Gasteiger partial charge is 0.410 e. The molecule has 0 saturated carbocycles. The molecular weight excluding hydrogens is 618 g/mol. The Balaban J connectivity index is 1.49. The molecule has 2 aliphatic rings. The summed E-state index contributed by atoms with van der Waals surface area (Å²) in [5.41, 5.74) is 3.73. The highest BCUT2D eigenvalue weighted by atomic mass is 35.5. The number of aliphatic hydroxyl groups is 1. The molecule has 248 valence electrons. The maximum absolute atomic E-state index is 12.8. The van der Waals surface area contributed by atoms with Crippen molar-refractivity contribution in [2.24, 2.45) is 0 Å². The molecule has 3 heterocycles. The Labute approximate surface area is 279 Å². The van der Waals surface area contributed by atoms with Gasteiger partial charge in [-0.15, -0.1) is 0 Å². The fraction of sp³-hybridized carbons (Fsp3) is 0.514. The van der Waals surface area contributed by atoms with E-state index in [1.54, 1.807) is 18.2 Å². The van der Waals surface area contributed by atoms with Crippen LogP contribution in [-0.4, -0.2) is 82.0 Å². The summed E-state index contributed by atoms with van der Waals surface area (Å²) >= 11 is 6.65. The maximum Gasteiger partial charge on any atom is 0.410 e. The Morgan fingerprint density at radius 2 is 1.80 bits per heavy atom. The molecule has 5 rings (SSSR count). The topological polar surface area (TPSA) is 93.0 Å². The van der Waals surface area contributed by atoms with Crippen LogP contribution in [0.5, 0.6) is 0 Å². The second-order valence-electron chi connectivity index (χ2n) is 14.7. The number of hydrogen-bond acceptors (Lipinski definition) is 7. The molecule has 3 aromatic rings. The first kappa shape index (κ1) is 34.3. The summed E-state index contributed by atoms with van der Waals surface area (Å²) in [5, 5.41) is 13.0. The normalized spacial score (nSPS) is 18.7. The highest BCUT2D eigenvalue weighted by Gasteiger charge is 2.40. The van der Waals surface area contributed by atoms with Crippen LogP contribution in [0, 0.1) is 6.92 Å². The van der Waals surface area contributed by atoms with Gasteiger partial charge >= 0.3 is 6.09 Å². The Bertz CT molecular complexity index is 1600. The van der Waals surface area contributed by atoms with Crippen LogP contribution in [0.4, 0.5) is 4.79 Å². The number of hydrogen-bond donors (Lipinski definition) is 1. The number of aromatic nitrogens is 3. The SMILES string of the molecule is Cc1c(C(C)(O)C2=Cc3cccnc3[C@@H](N3CCN(C(=O)OC(C)(C)C)CC3)c3ccc(Cl)cc32)ncn1COCC[Si](C)(C)C. The lowest BCUT2D eigenvalue weighted by molar-refractivity contribution is 0.0117. The molecule has 1 amide bonds. The number of imidazole rings is 1. The zero-order valence-corrected chi connectivity index (χ0v) is 30.2. The number of nitrogens with zero attached hydrogens (tertiary/aromatic N) is 5. The number of ether oxygens (including phenoxy) is 2. The van der Waals surface area contributed by atoms with Gasteiger partial charge in [-0.25, -0.2) is 9.78 Å². The van der Waals surface area contributed by atoms with Crippen molar-refractivity contribution in [2.75, 3.05) is 32.8 Å². The first-order valence-electron chi connectivity index (χ1n) is 16.1. The van der Waals surface area contributed by atoms with Crippen LogP contribution in [0.3, 0.4) is 0 Å². The van der Waals surface area contributed by atoms with Gasteiger partial charge in [0.2, 0.25) is 0 Å². The molecule has 1 unspecified atom stereocenters. The molecule has 9 nitrogen and oxygen atoms in total. The zero-order valence-electron chi connectivity index (χ0n) is 28.4. The summed E-state index contributed by atoms with van der Waals surface area (Å²) in [6.45, 7) is 19.8. The quantitative estimate of drug-likeness (QED) is 0.206. The predicted molar refractivity (Wildman–Crippen MR) is 185 cm³/mol. The zero-order chi connectivity index (χ0) is 33.4. The van der Waals surface area contributed by atoms with Crippen molar-refractivity contribution in [1.29, 1.82) is 0 Å². The molecule has 2 atom stereocenters. The molecule has 1 N–H and O–H groups in total. The number of piperazine rings is 1. The molecule has 1 aliphatic carbocycles. The number of rotatable bonds is 8. The van der Waals surface area contributed by atoms with Gasteiger partial charge in [0.1, 0.15) is 17.9 Å². The van der Waals surface area contributed by atoms with Crippen molar-refractivity contribution in [3.05, 3.63) is 81.7 Å². The summed E-state index contributed by atoms with van der Waals surface area (Å²) in [4.78, 5) is 26.6. The summed E-state index contributed by atoms with van der Waals surface area (Å²) in [7, 11) is -1.20. The number of carbonyl (C=O) groups excluding carboxylic acids is 1. The fourth-order valence-electron chi connectivity index (χ4n) is 6.14. The van der Waals surface area contributed by atoms with Gasteiger partial charge in [0.05, 0.1) is 23.8 Å². The van der Waals surface area contributed by atoms with E-state index >= 15 is 0 Å². The minimum atomic E-state index is -1.45. The van der Waals surface area contributed by atoms with Gasteiger partial charge in [-0.2, -0.15) is 0 Å². The number of amides is 1. The van der Waals surface area contributed by atoms with Crippen molar-refractivity contribution in [1.82, 2.24) is 24.3 Å². The van der Waals surface area contributed by atoms with E-state index in [1.807, 2.05) is 74.9 Å². The number of pyridine rings is 1. The molecule has 0 spiro atoms. The molecule has 46 heavy (non-hydrogen) atoms. The molecule has 1 aromatic carbocycles. The first-order chi connectivity index (χ1) is 21.5. The van der Waals surface area contributed by atoms with Crippen LogP contribution in [0.25, 0.3) is 11.6 Å². The van der Waals surface area contributed by atoms with Crippen LogP contribution in [0.15, 0.2) is 42.9 Å². The van der Waals surface area contributed by atoms with E-state index in [0.717, 1.165) is 34.1 Å². The molecule has 1 fully saturated rings. The average molecular weight is 666 g/mol. The Hall–Kier alpha value is -3.02. The van der Waals surface area contributed by atoms with Crippen LogP contribution in [0.1, 0.15) is 67.5 Å². The number of halogens is 1. The third-order valence-corrected chi connectivity index (χ3v) is 10.6. The highest BCUT2D eigenvalue weighted by molar-refractivity contribution is 6.76. The Morgan fingerprint density at radius 1 is 1.09 bits per heavy atom. The van der Waals surface area contributed by atoms with Gasteiger partial charge in [0.15, 0.2) is 0 Å². The van der Waals surface area contributed by atoms with Crippen LogP contribution in [0.2, 0.25) is 30.7 Å². The van der Waals surface area contributed by atoms with E-state index in [9.17, 15) is 9.90 Å². The van der Waals surface area contributed by atoms with Crippen molar-refractivity contribution in [3.8, 4) is 0 Å². The summed E-state index contributed by atoms with van der Waals surface area (Å²) in [6.07, 6.45) is 5.28. The van der Waals surface area contributed by atoms with Gasteiger partial charge in [0.25, 0.3) is 0 Å². The standard InChI is InChI=1S/C35H48ClN5O4Si/c1-24-32(38-22-41(24)23-44-18-19-46(6,7)8)35(5,43)29-20-25-10-9-13-37-30(25)31(27-12-11-26(36)21-28(27)29)39-14-16-40(17-15-39)33(42)45-34(2,3)4/h9-13,20-22,31,43H,14-19,23H2,1-8H3/t31-,35?/m0/s1. The van der Waals surface area contributed by atoms with E-state index in [0.29, 0.717) is 55.8 Å². The van der Waals surface area contributed by atoms with Crippen LogP contribution < -0.4 is 0 Å². The van der Waals surface area contributed by atoms with Gasteiger partial charge in [-0.3, -0.25) is 9.88 Å². The van der Waals surface area contributed by atoms with Crippen molar-refractivity contribution >= 4 is 37.4 Å². The van der Waals surface area contributed by atoms with Gasteiger partial charge in [-0.05, 0) is 87.2 Å². The molecular formula is C35H48ClN5O4Si. The van der Waals surface area contributed by atoms with Gasteiger partial charge in [-0.1, -0.05) is 43.4 Å². The lowest BCUT2D eigenvalue weighted by Gasteiger charge is -2.40.